The molecule has 3 N–H and O–H groups in total. The lowest BCUT2D eigenvalue weighted by Crippen LogP contribution is -2.64. The first-order valence-corrected chi connectivity index (χ1v) is 8.67. The van der Waals surface area contributed by atoms with E-state index >= 15 is 0 Å². The maximum absolute atomic E-state index is 11.9. The molecule has 1 saturated heterocycles. The summed E-state index contributed by atoms with van der Waals surface area (Å²) in [6.45, 7) is 0.104. The maximum Gasteiger partial charge on any atom is 0.407 e. The van der Waals surface area contributed by atoms with Crippen LogP contribution < -0.4 is 5.32 Å². The average molecular weight is 437 g/mol. The van der Waals surface area contributed by atoms with Crippen molar-refractivity contribution in [1.29, 1.82) is 0 Å². The smallest absolute Gasteiger partial charge is 0.407 e. The predicted molar refractivity (Wildman–Crippen MR) is 90.1 cm³/mol. The second-order valence-corrected chi connectivity index (χ2v) is 6.03. The summed E-state index contributed by atoms with van der Waals surface area (Å²) in [6, 6.07) is 8.30. The number of methoxy groups -OCH3 is 1. The van der Waals surface area contributed by atoms with Crippen LogP contribution in [0.2, 0.25) is 0 Å². The van der Waals surface area contributed by atoms with Gasteiger partial charge in [-0.3, -0.25) is 0 Å². The van der Waals surface area contributed by atoms with Gasteiger partial charge in [-0.2, -0.15) is 0 Å². The van der Waals surface area contributed by atoms with Crippen molar-refractivity contribution in [2.75, 3.05) is 11.5 Å². The molecule has 1 aliphatic heterocycles. The van der Waals surface area contributed by atoms with Gasteiger partial charge in [0, 0.05) is 11.5 Å². The summed E-state index contributed by atoms with van der Waals surface area (Å²) in [5, 5.41) is 22.7. The van der Waals surface area contributed by atoms with E-state index < -0.39 is 36.7 Å². The van der Waals surface area contributed by atoms with Gasteiger partial charge in [0.05, 0.1) is 6.10 Å². The van der Waals surface area contributed by atoms with Crippen LogP contribution in [-0.4, -0.2) is 58.5 Å². The molecule has 1 amide bonds. The van der Waals surface area contributed by atoms with Crippen molar-refractivity contribution in [2.24, 2.45) is 0 Å². The van der Waals surface area contributed by atoms with E-state index in [4.69, 9.17) is 14.2 Å². The SMILES string of the molecule is CO[C@H]1O[C@H](CI)[C@@H](O)[C@H](O)[C@H]1NC(=O)OCc1ccccc1. The van der Waals surface area contributed by atoms with E-state index in [9.17, 15) is 15.0 Å². The molecule has 0 radical (unpaired) electrons. The van der Waals surface area contributed by atoms with Crippen molar-refractivity contribution in [2.45, 2.75) is 37.3 Å². The number of nitrogens with one attached hydrogen (secondary N) is 1. The quantitative estimate of drug-likeness (QED) is 0.466. The molecule has 0 aromatic heterocycles. The minimum Gasteiger partial charge on any atom is -0.445 e. The number of carbonyl (C=O) groups is 1. The number of amides is 1. The largest absolute Gasteiger partial charge is 0.445 e. The number of hydrogen-bond acceptors (Lipinski definition) is 6. The maximum atomic E-state index is 11.9. The van der Waals surface area contributed by atoms with Crippen molar-refractivity contribution in [3.8, 4) is 0 Å². The van der Waals surface area contributed by atoms with Crippen LogP contribution in [-0.2, 0) is 20.8 Å². The van der Waals surface area contributed by atoms with Gasteiger partial charge in [-0.1, -0.05) is 52.9 Å². The van der Waals surface area contributed by atoms with Gasteiger partial charge in [-0.15, -0.1) is 0 Å². The van der Waals surface area contributed by atoms with Crippen molar-refractivity contribution in [3.63, 3.8) is 0 Å². The molecule has 23 heavy (non-hydrogen) atoms. The molecular weight excluding hydrogens is 417 g/mol. The molecule has 0 unspecified atom stereocenters. The highest BCUT2D eigenvalue weighted by Crippen LogP contribution is 2.23. The number of alkyl carbamates (subject to hydrolysis) is 1. The first-order chi connectivity index (χ1) is 11.1. The number of carbonyl (C=O) groups excluding carboxylic acids is 1. The number of aliphatic hydroxyl groups excluding tert-OH is 2. The number of ether oxygens (including phenoxy) is 3. The van der Waals surface area contributed by atoms with E-state index in [1.165, 1.54) is 7.11 Å². The molecule has 1 aromatic rings. The summed E-state index contributed by atoms with van der Waals surface area (Å²) >= 11 is 2.05. The molecule has 128 valence electrons. The van der Waals surface area contributed by atoms with Gasteiger partial charge in [0.25, 0.3) is 0 Å². The molecule has 5 atom stereocenters. The summed E-state index contributed by atoms with van der Waals surface area (Å²) in [4.78, 5) is 11.9. The molecule has 1 aromatic carbocycles. The lowest BCUT2D eigenvalue weighted by molar-refractivity contribution is -0.249. The Balaban J connectivity index is 1.92. The number of aliphatic hydroxyl groups is 2. The van der Waals surface area contributed by atoms with E-state index in [2.05, 4.69) is 5.32 Å². The lowest BCUT2D eigenvalue weighted by Gasteiger charge is -2.41. The first-order valence-electron chi connectivity index (χ1n) is 7.14. The standard InChI is InChI=1S/C15H20INO6/c1-21-14-11(13(19)12(18)10(7-16)23-14)17-15(20)22-8-9-5-3-2-4-6-9/h2-6,10-14,18-19H,7-8H2,1H3,(H,17,20)/t10-,11-,12-,13-,14+/m1/s1. The molecule has 0 bridgehead atoms. The number of rotatable bonds is 5. The molecule has 0 aliphatic carbocycles. The summed E-state index contributed by atoms with van der Waals surface area (Å²) < 4.78 is 16.3. The molecule has 2 rings (SSSR count). The minimum absolute atomic E-state index is 0.104. The van der Waals surface area contributed by atoms with Gasteiger partial charge in [0.15, 0.2) is 6.29 Å². The van der Waals surface area contributed by atoms with E-state index in [0.29, 0.717) is 4.43 Å². The van der Waals surface area contributed by atoms with Crippen LogP contribution in [0.5, 0.6) is 0 Å². The number of halogens is 1. The third-order valence-corrected chi connectivity index (χ3v) is 4.45. The van der Waals surface area contributed by atoms with Crippen LogP contribution in [0.25, 0.3) is 0 Å². The number of hydrogen-bond donors (Lipinski definition) is 3. The molecule has 1 heterocycles. The Labute approximate surface area is 148 Å². The fourth-order valence-corrected chi connectivity index (χ4v) is 3.04. The van der Waals surface area contributed by atoms with Gasteiger partial charge in [0.2, 0.25) is 0 Å². The van der Waals surface area contributed by atoms with Crippen molar-refractivity contribution < 1.29 is 29.2 Å². The van der Waals surface area contributed by atoms with Crippen molar-refractivity contribution in [1.82, 2.24) is 5.32 Å². The monoisotopic (exact) mass is 437 g/mol. The van der Waals surface area contributed by atoms with E-state index in [-0.39, 0.29) is 6.61 Å². The third-order valence-electron chi connectivity index (χ3n) is 3.58. The van der Waals surface area contributed by atoms with E-state index in [1.807, 2.05) is 52.9 Å². The zero-order valence-electron chi connectivity index (χ0n) is 12.6. The van der Waals surface area contributed by atoms with Crippen LogP contribution in [0.3, 0.4) is 0 Å². The van der Waals surface area contributed by atoms with Gasteiger partial charge >= 0.3 is 6.09 Å². The van der Waals surface area contributed by atoms with Crippen LogP contribution in [0.4, 0.5) is 4.79 Å². The summed E-state index contributed by atoms with van der Waals surface area (Å²) in [7, 11) is 1.41. The van der Waals surface area contributed by atoms with Crippen LogP contribution >= 0.6 is 22.6 Å². The van der Waals surface area contributed by atoms with Gasteiger partial charge in [-0.25, -0.2) is 4.79 Å². The Morgan fingerprint density at radius 3 is 2.61 bits per heavy atom. The van der Waals surface area contributed by atoms with Gasteiger partial charge in [-0.05, 0) is 5.56 Å². The minimum atomic E-state index is -1.21. The van der Waals surface area contributed by atoms with Gasteiger partial charge < -0.3 is 29.7 Å². The third kappa shape index (κ3) is 4.77. The fourth-order valence-electron chi connectivity index (χ4n) is 2.31. The molecule has 0 spiro atoms. The molecular formula is C15H20INO6. The topological polar surface area (TPSA) is 97.3 Å². The summed E-state index contributed by atoms with van der Waals surface area (Å²) in [6.07, 6.45) is -4.47. The Hall–Kier alpha value is -0.940. The Bertz CT molecular complexity index is 500. The molecule has 7 nitrogen and oxygen atoms in total. The molecule has 1 aliphatic rings. The summed E-state index contributed by atoms with van der Waals surface area (Å²) in [5.41, 5.74) is 0.844. The summed E-state index contributed by atoms with van der Waals surface area (Å²) in [5.74, 6) is 0. The second kappa shape index (κ2) is 8.78. The highest BCUT2D eigenvalue weighted by Gasteiger charge is 2.45. The van der Waals surface area contributed by atoms with E-state index in [0.717, 1.165) is 5.56 Å². The Morgan fingerprint density at radius 1 is 1.30 bits per heavy atom. The molecule has 1 fully saturated rings. The number of alkyl halides is 1. The lowest BCUT2D eigenvalue weighted by atomic mass is 9.98. The highest BCUT2D eigenvalue weighted by molar-refractivity contribution is 14.1. The second-order valence-electron chi connectivity index (χ2n) is 5.15. The normalized spacial score (nSPS) is 30.7. The van der Waals surface area contributed by atoms with Crippen LogP contribution in [0.1, 0.15) is 5.56 Å². The van der Waals surface area contributed by atoms with Crippen molar-refractivity contribution in [3.05, 3.63) is 35.9 Å². The zero-order chi connectivity index (χ0) is 16.8. The predicted octanol–water partition coefficient (Wildman–Crippen LogP) is 0.809. The Kier molecular flexibility index (Phi) is 7.03. The first kappa shape index (κ1) is 18.4. The fraction of sp³-hybridized carbons (Fsp3) is 0.533. The van der Waals surface area contributed by atoms with Crippen molar-refractivity contribution >= 4 is 28.7 Å². The zero-order valence-corrected chi connectivity index (χ0v) is 14.8. The van der Waals surface area contributed by atoms with Crippen LogP contribution in [0.15, 0.2) is 30.3 Å². The Morgan fingerprint density at radius 2 is 2.00 bits per heavy atom. The molecule has 0 saturated carbocycles. The highest BCUT2D eigenvalue weighted by atomic mass is 127. The van der Waals surface area contributed by atoms with Gasteiger partial charge in [0.1, 0.15) is 24.9 Å². The van der Waals surface area contributed by atoms with Crippen LogP contribution in [0, 0.1) is 0 Å². The molecule has 8 heteroatoms. The van der Waals surface area contributed by atoms with E-state index in [1.54, 1.807) is 0 Å². The number of benzene rings is 1. The average Bonchev–Trinajstić information content (AvgIpc) is 2.58.